The second kappa shape index (κ2) is 6.35. The molecular formula is C11H14N2O6S. The van der Waals surface area contributed by atoms with Gasteiger partial charge in [-0.1, -0.05) is 0 Å². The molecule has 4 N–H and O–H groups in total. The molecule has 1 rings (SSSR count). The van der Waals surface area contributed by atoms with E-state index in [1.165, 1.54) is 19.1 Å². The van der Waals surface area contributed by atoms with Crippen molar-refractivity contribution in [1.82, 2.24) is 0 Å². The number of carboxylic acid groups (broad SMARTS) is 1. The minimum Gasteiger partial charge on any atom is -0.481 e. The summed E-state index contributed by atoms with van der Waals surface area (Å²) in [5.74, 6) is -1.40. The lowest BCUT2D eigenvalue weighted by atomic mass is 10.2. The first kappa shape index (κ1) is 15.9. The van der Waals surface area contributed by atoms with Gasteiger partial charge in [0.1, 0.15) is 4.90 Å². The van der Waals surface area contributed by atoms with Crippen LogP contribution in [0.5, 0.6) is 0 Å². The van der Waals surface area contributed by atoms with Crippen molar-refractivity contribution in [2.24, 2.45) is 0 Å². The van der Waals surface area contributed by atoms with E-state index >= 15 is 0 Å². The number of carbonyl (C=O) groups is 2. The van der Waals surface area contributed by atoms with Gasteiger partial charge in [0.15, 0.2) is 0 Å². The lowest BCUT2D eigenvalue weighted by molar-refractivity contribution is -0.136. The van der Waals surface area contributed by atoms with Crippen LogP contribution in [-0.4, -0.2) is 36.5 Å². The van der Waals surface area contributed by atoms with Crippen molar-refractivity contribution in [3.63, 3.8) is 0 Å². The van der Waals surface area contributed by atoms with E-state index in [1.807, 2.05) is 0 Å². The Labute approximate surface area is 115 Å². The molecule has 0 fully saturated rings. The fourth-order valence-corrected chi connectivity index (χ4v) is 2.13. The molecule has 0 aromatic heterocycles. The van der Waals surface area contributed by atoms with Crippen LogP contribution in [-0.2, 0) is 19.7 Å². The standard InChI is InChI=1S/C11H14N2O6S/c1-7(14)13-8-2-3-10(20(17,18)19)9(6-8)12-5-4-11(15)16/h2-3,6,12H,4-5H2,1H3,(H,13,14)(H,15,16)(H,17,18,19). The molecule has 9 heteroatoms. The first-order valence-electron chi connectivity index (χ1n) is 5.55. The van der Waals surface area contributed by atoms with Gasteiger partial charge in [0.05, 0.1) is 12.1 Å². The van der Waals surface area contributed by atoms with Crippen LogP contribution in [0.3, 0.4) is 0 Å². The second-order valence-corrected chi connectivity index (χ2v) is 5.33. The van der Waals surface area contributed by atoms with Gasteiger partial charge in [-0.15, -0.1) is 0 Å². The second-order valence-electron chi connectivity index (χ2n) is 3.94. The maximum Gasteiger partial charge on any atom is 0.305 e. The summed E-state index contributed by atoms with van der Waals surface area (Å²) < 4.78 is 31.5. The van der Waals surface area contributed by atoms with Crippen molar-refractivity contribution >= 4 is 33.4 Å². The van der Waals surface area contributed by atoms with E-state index in [1.54, 1.807) is 0 Å². The van der Waals surface area contributed by atoms with Crippen molar-refractivity contribution in [3.8, 4) is 0 Å². The van der Waals surface area contributed by atoms with Crippen LogP contribution in [0.2, 0.25) is 0 Å². The van der Waals surface area contributed by atoms with Crippen molar-refractivity contribution in [3.05, 3.63) is 18.2 Å². The molecular weight excluding hydrogens is 288 g/mol. The van der Waals surface area contributed by atoms with E-state index in [-0.39, 0.29) is 24.6 Å². The zero-order valence-electron chi connectivity index (χ0n) is 10.6. The summed E-state index contributed by atoms with van der Waals surface area (Å²) in [6.07, 6.45) is -0.227. The van der Waals surface area contributed by atoms with E-state index in [2.05, 4.69) is 10.6 Å². The number of anilines is 2. The minimum absolute atomic E-state index is 0.0139. The highest BCUT2D eigenvalue weighted by Gasteiger charge is 2.16. The molecule has 0 unspecified atom stereocenters. The molecule has 1 aromatic carbocycles. The van der Waals surface area contributed by atoms with E-state index in [4.69, 9.17) is 9.66 Å². The molecule has 20 heavy (non-hydrogen) atoms. The Balaban J connectivity index is 3.06. The molecule has 0 aliphatic heterocycles. The normalized spacial score (nSPS) is 10.9. The molecule has 1 amide bonds. The van der Waals surface area contributed by atoms with Gasteiger partial charge in [-0.05, 0) is 18.2 Å². The molecule has 8 nitrogen and oxygen atoms in total. The molecule has 0 aliphatic rings. The van der Waals surface area contributed by atoms with Crippen LogP contribution in [0, 0.1) is 0 Å². The van der Waals surface area contributed by atoms with Crippen molar-refractivity contribution in [1.29, 1.82) is 0 Å². The maximum absolute atomic E-state index is 11.2. The molecule has 0 saturated carbocycles. The summed E-state index contributed by atoms with van der Waals surface area (Å²) in [5.41, 5.74) is 0.336. The minimum atomic E-state index is -4.45. The number of hydrogen-bond acceptors (Lipinski definition) is 5. The zero-order valence-corrected chi connectivity index (χ0v) is 11.4. The van der Waals surface area contributed by atoms with Gasteiger partial charge in [0.25, 0.3) is 10.1 Å². The summed E-state index contributed by atoms with van der Waals surface area (Å²) in [4.78, 5) is 21.0. The summed E-state index contributed by atoms with van der Waals surface area (Å²) in [7, 11) is -4.45. The molecule has 110 valence electrons. The van der Waals surface area contributed by atoms with Gasteiger partial charge >= 0.3 is 5.97 Å². The third kappa shape index (κ3) is 4.86. The van der Waals surface area contributed by atoms with E-state index < -0.39 is 21.0 Å². The van der Waals surface area contributed by atoms with Crippen molar-refractivity contribution in [2.45, 2.75) is 18.2 Å². The molecule has 0 radical (unpaired) electrons. The number of amides is 1. The SMILES string of the molecule is CC(=O)Nc1ccc(S(=O)(=O)O)c(NCCC(=O)O)c1. The topological polar surface area (TPSA) is 133 Å². The Morgan fingerprint density at radius 3 is 2.45 bits per heavy atom. The van der Waals surface area contributed by atoms with Crippen LogP contribution in [0.15, 0.2) is 23.1 Å². The van der Waals surface area contributed by atoms with Crippen molar-refractivity contribution < 1.29 is 27.7 Å². The summed E-state index contributed by atoms with van der Waals surface area (Å²) in [5, 5.41) is 13.6. The molecule has 0 heterocycles. The number of benzene rings is 1. The largest absolute Gasteiger partial charge is 0.481 e. The number of carbonyl (C=O) groups excluding carboxylic acids is 1. The molecule has 0 saturated heterocycles. The summed E-state index contributed by atoms with van der Waals surface area (Å²) in [6.45, 7) is 1.26. The van der Waals surface area contributed by atoms with Gasteiger partial charge in [-0.2, -0.15) is 8.42 Å². The quantitative estimate of drug-likeness (QED) is 0.570. The monoisotopic (exact) mass is 302 g/mol. The van der Waals surface area contributed by atoms with E-state index in [9.17, 15) is 18.0 Å². The molecule has 0 atom stereocenters. The van der Waals surface area contributed by atoms with Crippen LogP contribution in [0.4, 0.5) is 11.4 Å². The highest BCUT2D eigenvalue weighted by molar-refractivity contribution is 7.86. The number of aliphatic carboxylic acids is 1. The predicted octanol–water partition coefficient (Wildman–Crippen LogP) is 0.778. The van der Waals surface area contributed by atoms with Gasteiger partial charge in [0.2, 0.25) is 5.91 Å². The Kier molecular flexibility index (Phi) is 5.06. The number of carboxylic acids is 1. The van der Waals surface area contributed by atoms with Gasteiger partial charge in [-0.3, -0.25) is 14.1 Å². The van der Waals surface area contributed by atoms with E-state index in [0.29, 0.717) is 5.69 Å². The highest BCUT2D eigenvalue weighted by atomic mass is 32.2. The summed E-state index contributed by atoms with van der Waals surface area (Å²) in [6, 6.07) is 3.73. The third-order valence-corrected chi connectivity index (χ3v) is 3.14. The van der Waals surface area contributed by atoms with Crippen LogP contribution in [0.1, 0.15) is 13.3 Å². The first-order chi connectivity index (χ1) is 9.20. The molecule has 1 aromatic rings. The Morgan fingerprint density at radius 2 is 1.95 bits per heavy atom. The van der Waals surface area contributed by atoms with Crippen LogP contribution < -0.4 is 10.6 Å². The summed E-state index contributed by atoms with van der Waals surface area (Å²) >= 11 is 0. The highest BCUT2D eigenvalue weighted by Crippen LogP contribution is 2.25. The smallest absolute Gasteiger partial charge is 0.305 e. The number of nitrogens with one attached hydrogen (secondary N) is 2. The lowest BCUT2D eigenvalue weighted by Gasteiger charge is -2.11. The van der Waals surface area contributed by atoms with Gasteiger partial charge < -0.3 is 15.7 Å². The van der Waals surface area contributed by atoms with Crippen LogP contribution in [0.25, 0.3) is 0 Å². The van der Waals surface area contributed by atoms with Gasteiger partial charge in [0, 0.05) is 19.2 Å². The first-order valence-corrected chi connectivity index (χ1v) is 6.99. The Hall–Kier alpha value is -2.13. The molecule has 0 spiro atoms. The van der Waals surface area contributed by atoms with Gasteiger partial charge in [-0.25, -0.2) is 0 Å². The number of rotatable bonds is 6. The zero-order chi connectivity index (χ0) is 15.3. The average Bonchev–Trinajstić information content (AvgIpc) is 2.26. The fourth-order valence-electron chi connectivity index (χ4n) is 1.48. The molecule has 0 bridgehead atoms. The fraction of sp³-hybridized carbons (Fsp3) is 0.273. The maximum atomic E-state index is 11.2. The Morgan fingerprint density at radius 1 is 1.30 bits per heavy atom. The van der Waals surface area contributed by atoms with Crippen molar-refractivity contribution in [2.75, 3.05) is 17.2 Å². The van der Waals surface area contributed by atoms with Crippen LogP contribution >= 0.6 is 0 Å². The third-order valence-electron chi connectivity index (χ3n) is 2.23. The average molecular weight is 302 g/mol. The number of hydrogen-bond donors (Lipinski definition) is 4. The lowest BCUT2D eigenvalue weighted by Crippen LogP contribution is -2.12. The predicted molar refractivity (Wildman–Crippen MR) is 71.3 cm³/mol. The Bertz CT molecular complexity index is 626. The molecule has 0 aliphatic carbocycles. The van der Waals surface area contributed by atoms with E-state index in [0.717, 1.165) is 6.07 Å².